The van der Waals surface area contributed by atoms with Crippen LogP contribution in [0.5, 0.6) is 0 Å². The zero-order valence-corrected chi connectivity index (χ0v) is 24.9. The molecule has 3 aromatic rings. The van der Waals surface area contributed by atoms with Gasteiger partial charge in [-0.25, -0.2) is 8.42 Å². The smallest absolute Gasteiger partial charge is 0.264 e. The van der Waals surface area contributed by atoms with Crippen LogP contribution in [0.25, 0.3) is 0 Å². The Morgan fingerprint density at radius 2 is 1.54 bits per heavy atom. The molecule has 0 spiro atoms. The Labute approximate surface area is 240 Å². The second-order valence-electron chi connectivity index (χ2n) is 9.75. The van der Waals surface area contributed by atoms with E-state index in [1.54, 1.807) is 62.4 Å². The van der Waals surface area contributed by atoms with E-state index in [1.165, 1.54) is 23.1 Å². The van der Waals surface area contributed by atoms with Crippen molar-refractivity contribution in [2.24, 2.45) is 0 Å². The minimum Gasteiger partial charge on any atom is -0.352 e. The Morgan fingerprint density at radius 3 is 2.15 bits per heavy atom. The first-order valence-electron chi connectivity index (χ1n) is 12.5. The number of sulfonamides is 1. The van der Waals surface area contributed by atoms with Crippen molar-refractivity contribution >= 4 is 50.7 Å². The van der Waals surface area contributed by atoms with E-state index in [2.05, 4.69) is 5.32 Å². The molecule has 0 aliphatic heterocycles. The summed E-state index contributed by atoms with van der Waals surface area (Å²) in [5.74, 6) is -0.913. The van der Waals surface area contributed by atoms with Crippen molar-refractivity contribution in [1.29, 1.82) is 0 Å². The number of amides is 2. The molecule has 7 nitrogen and oxygen atoms in total. The lowest BCUT2D eigenvalue weighted by Crippen LogP contribution is -2.52. The number of anilines is 1. The van der Waals surface area contributed by atoms with E-state index in [4.69, 9.17) is 23.2 Å². The van der Waals surface area contributed by atoms with Crippen molar-refractivity contribution < 1.29 is 18.0 Å². The maximum absolute atomic E-state index is 14.0. The zero-order valence-electron chi connectivity index (χ0n) is 22.6. The number of nitrogens with one attached hydrogen (secondary N) is 1. The van der Waals surface area contributed by atoms with Crippen LogP contribution in [0.4, 0.5) is 5.69 Å². The molecule has 0 heterocycles. The normalized spacial score (nSPS) is 12.2. The first-order valence-corrected chi connectivity index (χ1v) is 14.7. The fourth-order valence-electron chi connectivity index (χ4n) is 4.02. The number of hydrogen-bond acceptors (Lipinski definition) is 4. The van der Waals surface area contributed by atoms with Crippen LogP contribution in [0.15, 0.2) is 71.6 Å². The molecule has 39 heavy (non-hydrogen) atoms. The van der Waals surface area contributed by atoms with Crippen LogP contribution < -0.4 is 9.62 Å². The highest BCUT2D eigenvalue weighted by molar-refractivity contribution is 7.92. The van der Waals surface area contributed by atoms with E-state index >= 15 is 0 Å². The summed E-state index contributed by atoms with van der Waals surface area (Å²) >= 11 is 12.4. The summed E-state index contributed by atoms with van der Waals surface area (Å²) in [6.07, 6.45) is 0. The summed E-state index contributed by atoms with van der Waals surface area (Å²) in [6, 6.07) is 17.2. The Morgan fingerprint density at radius 1 is 0.897 bits per heavy atom. The molecule has 0 unspecified atom stereocenters. The first-order chi connectivity index (χ1) is 18.3. The quantitative estimate of drug-likeness (QED) is 0.326. The van der Waals surface area contributed by atoms with Gasteiger partial charge in [-0.05, 0) is 82.1 Å². The zero-order chi connectivity index (χ0) is 28.9. The van der Waals surface area contributed by atoms with Gasteiger partial charge < -0.3 is 10.2 Å². The molecule has 1 N–H and O–H groups in total. The SMILES string of the molecule is Cc1ccc(S(=O)(=O)N(CC(=O)N(Cc2cccc(Cl)c2)[C@@H](C)C(=O)NC(C)C)c2cc(Cl)ccc2C)cc1. The highest BCUT2D eigenvalue weighted by atomic mass is 35.5. The molecule has 0 fully saturated rings. The monoisotopic (exact) mass is 589 g/mol. The Kier molecular flexibility index (Phi) is 10.0. The van der Waals surface area contributed by atoms with Gasteiger partial charge in [0.1, 0.15) is 12.6 Å². The van der Waals surface area contributed by atoms with E-state index in [-0.39, 0.29) is 29.1 Å². The minimum atomic E-state index is -4.18. The second-order valence-corrected chi connectivity index (χ2v) is 12.5. The summed E-state index contributed by atoms with van der Waals surface area (Å²) in [6.45, 7) is 8.38. The molecule has 3 aromatic carbocycles. The molecule has 0 radical (unpaired) electrons. The van der Waals surface area contributed by atoms with E-state index < -0.39 is 28.5 Å². The van der Waals surface area contributed by atoms with Gasteiger partial charge in [0.25, 0.3) is 10.0 Å². The van der Waals surface area contributed by atoms with Crippen molar-refractivity contribution in [2.75, 3.05) is 10.8 Å². The van der Waals surface area contributed by atoms with E-state index in [0.29, 0.717) is 21.2 Å². The number of halogens is 2. The van der Waals surface area contributed by atoms with Gasteiger partial charge in [-0.1, -0.05) is 59.1 Å². The van der Waals surface area contributed by atoms with Gasteiger partial charge in [0.15, 0.2) is 0 Å². The maximum Gasteiger partial charge on any atom is 0.264 e. The molecule has 2 amide bonds. The van der Waals surface area contributed by atoms with Crippen LogP contribution in [-0.2, 0) is 26.2 Å². The first kappa shape index (κ1) is 30.5. The number of aryl methyl sites for hydroxylation is 2. The third kappa shape index (κ3) is 7.75. The van der Waals surface area contributed by atoms with Gasteiger partial charge in [-0.15, -0.1) is 0 Å². The minimum absolute atomic E-state index is 0.0345. The summed E-state index contributed by atoms with van der Waals surface area (Å²) in [5.41, 5.74) is 2.49. The van der Waals surface area contributed by atoms with Crippen molar-refractivity contribution in [3.63, 3.8) is 0 Å². The van der Waals surface area contributed by atoms with Gasteiger partial charge in [0, 0.05) is 22.6 Å². The largest absolute Gasteiger partial charge is 0.352 e. The Hall–Kier alpha value is -3.07. The van der Waals surface area contributed by atoms with Crippen LogP contribution in [0, 0.1) is 13.8 Å². The van der Waals surface area contributed by atoms with E-state index in [9.17, 15) is 18.0 Å². The molecule has 3 rings (SSSR count). The maximum atomic E-state index is 14.0. The molecule has 0 aliphatic carbocycles. The van der Waals surface area contributed by atoms with Gasteiger partial charge >= 0.3 is 0 Å². The number of hydrogen-bond donors (Lipinski definition) is 1. The highest BCUT2D eigenvalue weighted by Crippen LogP contribution is 2.30. The molecule has 0 saturated heterocycles. The lowest BCUT2D eigenvalue weighted by molar-refractivity contribution is -0.139. The van der Waals surface area contributed by atoms with Crippen molar-refractivity contribution in [3.8, 4) is 0 Å². The van der Waals surface area contributed by atoms with Gasteiger partial charge in [-0.2, -0.15) is 0 Å². The fraction of sp³-hybridized carbons (Fsp3) is 0.310. The molecule has 0 saturated carbocycles. The van der Waals surface area contributed by atoms with E-state index in [0.717, 1.165) is 9.87 Å². The third-order valence-electron chi connectivity index (χ3n) is 6.17. The average Bonchev–Trinajstić information content (AvgIpc) is 2.86. The van der Waals surface area contributed by atoms with Gasteiger partial charge in [0.2, 0.25) is 11.8 Å². The standard InChI is InChI=1S/C29H33Cl2N3O4S/c1-19(2)32-29(36)22(5)33(17-23-7-6-8-24(30)15-23)28(35)18-34(27-16-25(31)12-11-21(27)4)39(37,38)26-13-9-20(3)10-14-26/h6-16,19,22H,17-18H2,1-5H3,(H,32,36)/t22-/m0/s1. The van der Waals surface area contributed by atoms with Crippen molar-refractivity contribution in [2.45, 2.75) is 58.1 Å². The Balaban J connectivity index is 2.08. The number of benzene rings is 3. The van der Waals surface area contributed by atoms with E-state index in [1.807, 2.05) is 20.8 Å². The van der Waals surface area contributed by atoms with Gasteiger partial charge in [0.05, 0.1) is 10.6 Å². The molecular formula is C29H33Cl2N3O4S. The molecule has 208 valence electrons. The topological polar surface area (TPSA) is 86.8 Å². The average molecular weight is 591 g/mol. The van der Waals surface area contributed by atoms with Crippen LogP contribution in [0.3, 0.4) is 0 Å². The fourth-order valence-corrected chi connectivity index (χ4v) is 5.87. The lowest BCUT2D eigenvalue weighted by atomic mass is 10.1. The number of rotatable bonds is 10. The predicted molar refractivity (Wildman–Crippen MR) is 157 cm³/mol. The predicted octanol–water partition coefficient (Wildman–Crippen LogP) is 5.75. The third-order valence-corrected chi connectivity index (χ3v) is 8.41. The lowest BCUT2D eigenvalue weighted by Gasteiger charge is -2.32. The van der Waals surface area contributed by atoms with Crippen LogP contribution in [-0.4, -0.2) is 43.8 Å². The van der Waals surface area contributed by atoms with Crippen LogP contribution >= 0.6 is 23.2 Å². The number of carbonyl (C=O) groups excluding carboxylic acids is 2. The molecule has 0 aliphatic rings. The highest BCUT2D eigenvalue weighted by Gasteiger charge is 2.33. The molecule has 1 atom stereocenters. The Bertz CT molecular complexity index is 1440. The molecule has 0 bridgehead atoms. The van der Waals surface area contributed by atoms with Crippen LogP contribution in [0.1, 0.15) is 37.5 Å². The second kappa shape index (κ2) is 12.9. The van der Waals surface area contributed by atoms with Gasteiger partial charge in [-0.3, -0.25) is 13.9 Å². The molecular weight excluding hydrogens is 557 g/mol. The number of nitrogens with zero attached hydrogens (tertiary/aromatic N) is 2. The summed E-state index contributed by atoms with van der Waals surface area (Å²) in [4.78, 5) is 28.3. The summed E-state index contributed by atoms with van der Waals surface area (Å²) in [5, 5.41) is 3.64. The molecule has 0 aromatic heterocycles. The summed E-state index contributed by atoms with van der Waals surface area (Å²) in [7, 11) is -4.18. The molecule has 10 heteroatoms. The number of carbonyl (C=O) groups is 2. The van der Waals surface area contributed by atoms with Crippen LogP contribution in [0.2, 0.25) is 10.0 Å². The van der Waals surface area contributed by atoms with Crippen molar-refractivity contribution in [1.82, 2.24) is 10.2 Å². The summed E-state index contributed by atoms with van der Waals surface area (Å²) < 4.78 is 28.9. The van der Waals surface area contributed by atoms with Crippen molar-refractivity contribution in [3.05, 3.63) is 93.5 Å².